The van der Waals surface area contributed by atoms with Gasteiger partial charge in [0, 0.05) is 19.4 Å². The van der Waals surface area contributed by atoms with E-state index in [1.807, 2.05) is 0 Å². The molecule has 0 saturated carbocycles. The highest BCUT2D eigenvalue weighted by Crippen LogP contribution is 2.21. The third-order valence-corrected chi connectivity index (χ3v) is 1.70. The van der Waals surface area contributed by atoms with Crippen LogP contribution in [0.2, 0.25) is 0 Å². The number of nitrogens with two attached hydrogens (primary N) is 1. The number of azo groups is 1. The van der Waals surface area contributed by atoms with Gasteiger partial charge in [0.05, 0.1) is 6.20 Å². The van der Waals surface area contributed by atoms with Crippen molar-refractivity contribution >= 4 is 17.5 Å². The van der Waals surface area contributed by atoms with Crippen LogP contribution in [0.25, 0.3) is 0 Å². The number of nitrogen functional groups attached to an aromatic ring is 1. The zero-order valence-corrected chi connectivity index (χ0v) is 7.55. The van der Waals surface area contributed by atoms with Crippen LogP contribution in [-0.4, -0.2) is 19.7 Å². The molecule has 2 rings (SSSR count). The fourth-order valence-electron chi connectivity index (χ4n) is 0.925. The van der Waals surface area contributed by atoms with Gasteiger partial charge in [0.2, 0.25) is 5.95 Å². The molecule has 0 fully saturated rings. The van der Waals surface area contributed by atoms with Crippen molar-refractivity contribution in [3.05, 3.63) is 18.6 Å². The Kier molecular flexibility index (Phi) is 1.98. The molecule has 0 aromatic carbocycles. The van der Waals surface area contributed by atoms with Gasteiger partial charge in [-0.25, -0.2) is 4.98 Å². The average Bonchev–Trinajstić information content (AvgIpc) is 2.77. The third kappa shape index (κ3) is 1.47. The number of rotatable bonds is 2. The molecule has 0 radical (unpaired) electrons. The molecule has 0 amide bonds. The second-order valence-corrected chi connectivity index (χ2v) is 2.65. The summed E-state index contributed by atoms with van der Waals surface area (Å²) in [6, 6.07) is 0. The largest absolute Gasteiger partial charge is 0.382 e. The van der Waals surface area contributed by atoms with E-state index in [4.69, 9.17) is 5.73 Å². The molecule has 2 aromatic rings. The number of aromatic nitrogens is 4. The first kappa shape index (κ1) is 8.42. The minimum Gasteiger partial charge on any atom is -0.382 e. The van der Waals surface area contributed by atoms with Crippen LogP contribution < -0.4 is 5.73 Å². The van der Waals surface area contributed by atoms with Crippen molar-refractivity contribution in [3.63, 3.8) is 0 Å². The monoisotopic (exact) mass is 191 g/mol. The van der Waals surface area contributed by atoms with Gasteiger partial charge in [0.15, 0.2) is 0 Å². The van der Waals surface area contributed by atoms with E-state index in [9.17, 15) is 0 Å². The summed E-state index contributed by atoms with van der Waals surface area (Å²) >= 11 is 0. The molecule has 0 aliphatic heterocycles. The Morgan fingerprint density at radius 3 is 2.93 bits per heavy atom. The van der Waals surface area contributed by atoms with E-state index >= 15 is 0 Å². The van der Waals surface area contributed by atoms with Crippen molar-refractivity contribution < 1.29 is 0 Å². The first-order chi connectivity index (χ1) is 6.77. The van der Waals surface area contributed by atoms with Crippen LogP contribution in [0.1, 0.15) is 0 Å². The van der Waals surface area contributed by atoms with Crippen molar-refractivity contribution in [2.75, 3.05) is 5.73 Å². The fraction of sp³-hybridized carbons (Fsp3) is 0.143. The summed E-state index contributed by atoms with van der Waals surface area (Å²) in [5, 5.41) is 11.7. The second-order valence-electron chi connectivity index (χ2n) is 2.65. The molecule has 2 aromatic heterocycles. The van der Waals surface area contributed by atoms with Crippen LogP contribution in [0, 0.1) is 0 Å². The van der Waals surface area contributed by atoms with Gasteiger partial charge in [-0.2, -0.15) is 5.10 Å². The number of aryl methyl sites for hydroxylation is 1. The van der Waals surface area contributed by atoms with Gasteiger partial charge in [-0.05, 0) is 0 Å². The smallest absolute Gasteiger partial charge is 0.246 e. The first-order valence-corrected chi connectivity index (χ1v) is 3.96. The Hall–Kier alpha value is -2.18. The minimum absolute atomic E-state index is 0.438. The lowest BCUT2D eigenvalue weighted by Gasteiger charge is -1.91. The maximum absolute atomic E-state index is 5.66. The van der Waals surface area contributed by atoms with Crippen molar-refractivity contribution in [1.29, 1.82) is 0 Å². The SMILES string of the molecule is Cn1ncc(/N=N/c2ncc[nH]2)c1N. The van der Waals surface area contributed by atoms with E-state index in [1.54, 1.807) is 25.6 Å². The van der Waals surface area contributed by atoms with Crippen LogP contribution in [0.4, 0.5) is 17.5 Å². The van der Waals surface area contributed by atoms with E-state index in [-0.39, 0.29) is 0 Å². The van der Waals surface area contributed by atoms with Gasteiger partial charge in [-0.3, -0.25) is 4.68 Å². The molecule has 7 nitrogen and oxygen atoms in total. The van der Waals surface area contributed by atoms with E-state index in [0.29, 0.717) is 17.5 Å². The van der Waals surface area contributed by atoms with Gasteiger partial charge in [-0.1, -0.05) is 0 Å². The van der Waals surface area contributed by atoms with Crippen LogP contribution in [0.3, 0.4) is 0 Å². The lowest BCUT2D eigenvalue weighted by Crippen LogP contribution is -1.96. The fourth-order valence-corrected chi connectivity index (χ4v) is 0.925. The normalized spacial score (nSPS) is 11.2. The third-order valence-electron chi connectivity index (χ3n) is 1.70. The number of anilines is 1. The topological polar surface area (TPSA) is 97.2 Å². The Balaban J connectivity index is 2.23. The van der Waals surface area contributed by atoms with E-state index < -0.39 is 0 Å². The molecule has 0 bridgehead atoms. The van der Waals surface area contributed by atoms with Crippen molar-refractivity contribution in [2.45, 2.75) is 0 Å². The zero-order chi connectivity index (χ0) is 9.97. The van der Waals surface area contributed by atoms with Crippen molar-refractivity contribution in [2.24, 2.45) is 17.3 Å². The molecule has 0 aliphatic carbocycles. The van der Waals surface area contributed by atoms with Gasteiger partial charge >= 0.3 is 0 Å². The Bertz CT molecular complexity index is 439. The number of imidazole rings is 1. The number of aromatic amines is 1. The second kappa shape index (κ2) is 3.29. The summed E-state index contributed by atoms with van der Waals surface area (Å²) in [4.78, 5) is 6.68. The molecule has 2 heterocycles. The van der Waals surface area contributed by atoms with Gasteiger partial charge in [-0.15, -0.1) is 10.2 Å². The summed E-state index contributed by atoms with van der Waals surface area (Å²) in [5.74, 6) is 0.911. The van der Waals surface area contributed by atoms with Crippen molar-refractivity contribution in [1.82, 2.24) is 19.7 Å². The molecule has 0 aliphatic rings. The Morgan fingerprint density at radius 2 is 2.36 bits per heavy atom. The van der Waals surface area contributed by atoms with Crippen LogP contribution in [0.15, 0.2) is 28.8 Å². The molecule has 14 heavy (non-hydrogen) atoms. The summed E-state index contributed by atoms with van der Waals surface area (Å²) in [7, 11) is 1.74. The number of hydrogen-bond donors (Lipinski definition) is 2. The van der Waals surface area contributed by atoms with Crippen LogP contribution >= 0.6 is 0 Å². The molecular formula is C7H9N7. The summed E-state index contributed by atoms with van der Waals surface area (Å²) in [5.41, 5.74) is 6.19. The zero-order valence-electron chi connectivity index (χ0n) is 7.55. The molecule has 0 spiro atoms. The van der Waals surface area contributed by atoms with Gasteiger partial charge in [0.1, 0.15) is 11.5 Å². The number of nitrogens with one attached hydrogen (secondary N) is 1. The highest BCUT2D eigenvalue weighted by molar-refractivity contribution is 5.55. The van der Waals surface area contributed by atoms with Gasteiger partial charge < -0.3 is 10.7 Å². The van der Waals surface area contributed by atoms with E-state index in [1.165, 1.54) is 4.68 Å². The molecule has 72 valence electrons. The summed E-state index contributed by atoms with van der Waals surface area (Å²) in [6.07, 6.45) is 4.81. The van der Waals surface area contributed by atoms with Crippen molar-refractivity contribution in [3.8, 4) is 0 Å². The van der Waals surface area contributed by atoms with E-state index in [0.717, 1.165) is 0 Å². The maximum Gasteiger partial charge on any atom is 0.246 e. The van der Waals surface area contributed by atoms with Crippen LogP contribution in [-0.2, 0) is 7.05 Å². The number of hydrogen-bond acceptors (Lipinski definition) is 5. The lowest BCUT2D eigenvalue weighted by molar-refractivity contribution is 0.779. The van der Waals surface area contributed by atoms with E-state index in [2.05, 4.69) is 25.3 Å². The standard InChI is InChI=1S/C7H9N7/c1-14-6(8)5(4-11-14)12-13-7-9-2-3-10-7/h2-4H,8H2,1H3,(H,9,10)/b13-12+. The predicted molar refractivity (Wildman–Crippen MR) is 50.4 cm³/mol. The maximum atomic E-state index is 5.66. The molecule has 3 N–H and O–H groups in total. The average molecular weight is 191 g/mol. The molecule has 0 saturated heterocycles. The highest BCUT2D eigenvalue weighted by atomic mass is 15.3. The highest BCUT2D eigenvalue weighted by Gasteiger charge is 2.02. The van der Waals surface area contributed by atoms with Crippen LogP contribution in [0.5, 0.6) is 0 Å². The Labute approximate surface area is 79.7 Å². The first-order valence-electron chi connectivity index (χ1n) is 3.96. The minimum atomic E-state index is 0.438. The number of H-pyrrole nitrogens is 1. The lowest BCUT2D eigenvalue weighted by atomic mass is 10.5. The molecule has 0 atom stereocenters. The van der Waals surface area contributed by atoms with Gasteiger partial charge in [0.25, 0.3) is 0 Å². The predicted octanol–water partition coefficient (Wildman–Crippen LogP) is 1.14. The molecular weight excluding hydrogens is 182 g/mol. The number of nitrogens with zero attached hydrogens (tertiary/aromatic N) is 5. The summed E-state index contributed by atoms with van der Waals surface area (Å²) < 4.78 is 1.52. The molecule has 0 unspecified atom stereocenters. The quantitative estimate of drug-likeness (QED) is 0.696. The Morgan fingerprint density at radius 1 is 1.50 bits per heavy atom. The molecule has 7 heteroatoms. The summed E-state index contributed by atoms with van der Waals surface area (Å²) in [6.45, 7) is 0.